The van der Waals surface area contributed by atoms with E-state index in [9.17, 15) is 4.79 Å². The normalized spacial score (nSPS) is 34.3. The van der Waals surface area contributed by atoms with Crippen molar-refractivity contribution in [2.24, 2.45) is 11.7 Å². The van der Waals surface area contributed by atoms with Crippen molar-refractivity contribution in [3.05, 3.63) is 0 Å². The summed E-state index contributed by atoms with van der Waals surface area (Å²) in [5.41, 5.74) is 5.77. The minimum atomic E-state index is -0.218. The van der Waals surface area contributed by atoms with Gasteiger partial charge in [-0.2, -0.15) is 0 Å². The minimum absolute atomic E-state index is 0.0788. The zero-order valence-corrected chi connectivity index (χ0v) is 10.5. The standard InChI is InChI=1S/C13H24N2O2/c14-9-10-5-1-2-6-11(10)15-13(16)12-7-3-4-8-17-12/h10-12H,1-9,14H2,(H,15,16). The molecule has 0 aromatic carbocycles. The fraction of sp³-hybridized carbons (Fsp3) is 0.923. The first-order valence-electron chi connectivity index (χ1n) is 6.93. The third kappa shape index (κ3) is 3.42. The van der Waals surface area contributed by atoms with Gasteiger partial charge in [0.05, 0.1) is 0 Å². The van der Waals surface area contributed by atoms with Gasteiger partial charge < -0.3 is 15.8 Å². The van der Waals surface area contributed by atoms with Crippen LogP contribution < -0.4 is 11.1 Å². The molecule has 0 radical (unpaired) electrons. The predicted octanol–water partition coefficient (Wildman–Crippen LogP) is 1.19. The quantitative estimate of drug-likeness (QED) is 0.779. The largest absolute Gasteiger partial charge is 0.368 e. The lowest BCUT2D eigenvalue weighted by Gasteiger charge is -2.33. The molecule has 3 atom stereocenters. The van der Waals surface area contributed by atoms with Crippen molar-refractivity contribution in [2.75, 3.05) is 13.2 Å². The molecule has 98 valence electrons. The number of nitrogens with one attached hydrogen (secondary N) is 1. The van der Waals surface area contributed by atoms with Gasteiger partial charge in [-0.25, -0.2) is 0 Å². The first kappa shape index (κ1) is 12.8. The van der Waals surface area contributed by atoms with Crippen LogP contribution in [0.1, 0.15) is 44.9 Å². The second kappa shape index (κ2) is 6.36. The highest BCUT2D eigenvalue weighted by molar-refractivity contribution is 5.81. The second-order valence-corrected chi connectivity index (χ2v) is 5.25. The van der Waals surface area contributed by atoms with Crippen LogP contribution in [-0.4, -0.2) is 31.2 Å². The fourth-order valence-electron chi connectivity index (χ4n) is 2.90. The highest BCUT2D eigenvalue weighted by Crippen LogP contribution is 2.24. The molecule has 1 aliphatic heterocycles. The summed E-state index contributed by atoms with van der Waals surface area (Å²) in [7, 11) is 0. The van der Waals surface area contributed by atoms with E-state index in [1.807, 2.05) is 0 Å². The Morgan fingerprint density at radius 3 is 2.65 bits per heavy atom. The molecule has 1 saturated heterocycles. The van der Waals surface area contributed by atoms with Crippen LogP contribution in [0.3, 0.4) is 0 Å². The molecule has 2 aliphatic rings. The van der Waals surface area contributed by atoms with E-state index in [4.69, 9.17) is 10.5 Å². The summed E-state index contributed by atoms with van der Waals surface area (Å²) in [6.07, 6.45) is 7.49. The number of ether oxygens (including phenoxy) is 1. The molecule has 2 fully saturated rings. The Bertz CT molecular complexity index is 252. The molecule has 1 amide bonds. The molecule has 3 N–H and O–H groups in total. The van der Waals surface area contributed by atoms with Gasteiger partial charge in [-0.05, 0) is 44.6 Å². The van der Waals surface area contributed by atoms with Gasteiger partial charge in [0, 0.05) is 12.6 Å². The zero-order valence-electron chi connectivity index (χ0n) is 10.5. The summed E-state index contributed by atoms with van der Waals surface area (Å²) in [6, 6.07) is 0.270. The van der Waals surface area contributed by atoms with E-state index in [2.05, 4.69) is 5.32 Å². The SMILES string of the molecule is NCC1CCCCC1NC(=O)C1CCCCO1. The molecule has 1 heterocycles. The molecular weight excluding hydrogens is 216 g/mol. The van der Waals surface area contributed by atoms with Crippen LogP contribution in [0.25, 0.3) is 0 Å². The van der Waals surface area contributed by atoms with Crippen LogP contribution in [0.4, 0.5) is 0 Å². The van der Waals surface area contributed by atoms with Gasteiger partial charge in [-0.3, -0.25) is 4.79 Å². The maximum absolute atomic E-state index is 12.1. The topological polar surface area (TPSA) is 64.3 Å². The lowest BCUT2D eigenvalue weighted by molar-refractivity contribution is -0.136. The molecule has 0 spiro atoms. The van der Waals surface area contributed by atoms with E-state index >= 15 is 0 Å². The third-order valence-electron chi connectivity index (χ3n) is 4.01. The molecule has 0 aromatic heterocycles. The van der Waals surface area contributed by atoms with Crippen LogP contribution >= 0.6 is 0 Å². The lowest BCUT2D eigenvalue weighted by Crippen LogP contribution is -2.49. The maximum Gasteiger partial charge on any atom is 0.249 e. The molecule has 0 aromatic rings. The number of amides is 1. The molecular formula is C13H24N2O2. The van der Waals surface area contributed by atoms with Gasteiger partial charge in [0.25, 0.3) is 0 Å². The number of hydrogen-bond donors (Lipinski definition) is 2. The highest BCUT2D eigenvalue weighted by atomic mass is 16.5. The van der Waals surface area contributed by atoms with Gasteiger partial charge in [-0.15, -0.1) is 0 Å². The number of carbonyl (C=O) groups excluding carboxylic acids is 1. The molecule has 2 rings (SSSR count). The van der Waals surface area contributed by atoms with Crippen LogP contribution in [0.2, 0.25) is 0 Å². The van der Waals surface area contributed by atoms with Crippen LogP contribution in [-0.2, 0) is 9.53 Å². The summed E-state index contributed by atoms with van der Waals surface area (Å²) < 4.78 is 5.51. The second-order valence-electron chi connectivity index (χ2n) is 5.25. The van der Waals surface area contributed by atoms with E-state index in [1.54, 1.807) is 0 Å². The summed E-state index contributed by atoms with van der Waals surface area (Å²) >= 11 is 0. The molecule has 17 heavy (non-hydrogen) atoms. The Hall–Kier alpha value is -0.610. The molecule has 0 bridgehead atoms. The Morgan fingerprint density at radius 2 is 1.94 bits per heavy atom. The Kier molecular flexibility index (Phi) is 4.80. The van der Waals surface area contributed by atoms with E-state index < -0.39 is 0 Å². The van der Waals surface area contributed by atoms with Crippen molar-refractivity contribution in [2.45, 2.75) is 57.1 Å². The Morgan fingerprint density at radius 1 is 1.18 bits per heavy atom. The van der Waals surface area contributed by atoms with Gasteiger partial charge in [0.1, 0.15) is 6.10 Å². The van der Waals surface area contributed by atoms with Gasteiger partial charge in [-0.1, -0.05) is 12.8 Å². The van der Waals surface area contributed by atoms with E-state index in [0.29, 0.717) is 12.5 Å². The van der Waals surface area contributed by atoms with Crippen molar-refractivity contribution < 1.29 is 9.53 Å². The van der Waals surface area contributed by atoms with Crippen LogP contribution in [0, 0.1) is 5.92 Å². The predicted molar refractivity (Wildman–Crippen MR) is 66.5 cm³/mol. The van der Waals surface area contributed by atoms with E-state index in [1.165, 1.54) is 12.8 Å². The summed E-state index contributed by atoms with van der Waals surface area (Å²) in [4.78, 5) is 12.1. The summed E-state index contributed by atoms with van der Waals surface area (Å²) in [5.74, 6) is 0.534. The van der Waals surface area contributed by atoms with Crippen molar-refractivity contribution in [3.63, 3.8) is 0 Å². The molecule has 3 unspecified atom stereocenters. The number of carbonyl (C=O) groups is 1. The van der Waals surface area contributed by atoms with Crippen molar-refractivity contribution in [1.29, 1.82) is 0 Å². The number of nitrogens with two attached hydrogens (primary N) is 1. The van der Waals surface area contributed by atoms with E-state index in [0.717, 1.165) is 38.7 Å². The number of rotatable bonds is 3. The third-order valence-corrected chi connectivity index (χ3v) is 4.01. The highest BCUT2D eigenvalue weighted by Gasteiger charge is 2.29. The smallest absolute Gasteiger partial charge is 0.249 e. The number of hydrogen-bond acceptors (Lipinski definition) is 3. The average molecular weight is 240 g/mol. The van der Waals surface area contributed by atoms with Crippen molar-refractivity contribution >= 4 is 5.91 Å². The van der Waals surface area contributed by atoms with Gasteiger partial charge in [0.15, 0.2) is 0 Å². The molecule has 4 heteroatoms. The van der Waals surface area contributed by atoms with Crippen LogP contribution in [0.5, 0.6) is 0 Å². The summed E-state index contributed by atoms with van der Waals surface area (Å²) in [6.45, 7) is 1.40. The fourth-order valence-corrected chi connectivity index (χ4v) is 2.90. The average Bonchev–Trinajstić information content (AvgIpc) is 2.40. The molecule has 1 aliphatic carbocycles. The van der Waals surface area contributed by atoms with Crippen molar-refractivity contribution in [3.8, 4) is 0 Å². The minimum Gasteiger partial charge on any atom is -0.368 e. The Balaban J connectivity index is 1.83. The monoisotopic (exact) mass is 240 g/mol. The van der Waals surface area contributed by atoms with Crippen LogP contribution in [0.15, 0.2) is 0 Å². The Labute approximate surface area is 103 Å². The summed E-state index contributed by atoms with van der Waals surface area (Å²) in [5, 5.41) is 3.15. The van der Waals surface area contributed by atoms with Crippen molar-refractivity contribution in [1.82, 2.24) is 5.32 Å². The molecule has 4 nitrogen and oxygen atoms in total. The maximum atomic E-state index is 12.1. The first-order chi connectivity index (χ1) is 8.31. The lowest BCUT2D eigenvalue weighted by atomic mass is 9.84. The zero-order chi connectivity index (χ0) is 12.1. The first-order valence-corrected chi connectivity index (χ1v) is 6.93. The van der Waals surface area contributed by atoms with Gasteiger partial charge in [0.2, 0.25) is 5.91 Å². The molecule has 1 saturated carbocycles. The van der Waals surface area contributed by atoms with Gasteiger partial charge >= 0.3 is 0 Å². The van der Waals surface area contributed by atoms with E-state index in [-0.39, 0.29) is 18.1 Å².